The minimum absolute atomic E-state index is 0. The zero-order valence-corrected chi connectivity index (χ0v) is 15.3. The first-order valence-corrected chi connectivity index (χ1v) is 8.24. The molecule has 2 heterocycles. The molecule has 0 spiro atoms. The number of nitrogens with one attached hydrogen (secondary N) is 1. The second-order valence-corrected chi connectivity index (χ2v) is 6.19. The van der Waals surface area contributed by atoms with Crippen molar-refractivity contribution in [3.05, 3.63) is 95.6 Å². The van der Waals surface area contributed by atoms with Crippen LogP contribution in [0, 0.1) is 11.6 Å². The smallest absolute Gasteiger partial charge is 0.150 e. The monoisotopic (exact) mass is 386 g/mol. The summed E-state index contributed by atoms with van der Waals surface area (Å²) < 4.78 is 27.0. The van der Waals surface area contributed by atoms with Gasteiger partial charge in [0.25, 0.3) is 0 Å². The molecule has 0 saturated carbocycles. The summed E-state index contributed by atoms with van der Waals surface area (Å²) in [7, 11) is 0. The zero-order valence-electron chi connectivity index (χ0n) is 14.4. The van der Waals surface area contributed by atoms with E-state index >= 15 is 0 Å². The molecular weight excluding hydrogens is 370 g/mol. The van der Waals surface area contributed by atoms with Crippen LogP contribution < -0.4 is 5.32 Å². The summed E-state index contributed by atoms with van der Waals surface area (Å²) in [5.41, 5.74) is 1.53. The van der Waals surface area contributed by atoms with Crippen LogP contribution in [0.25, 0.3) is 0 Å². The van der Waals surface area contributed by atoms with Crippen LogP contribution >= 0.6 is 12.4 Å². The fourth-order valence-corrected chi connectivity index (χ4v) is 3.38. The number of nitrogens with zero attached hydrogens (tertiary/aromatic N) is 3. The Hall–Kier alpha value is -2.86. The van der Waals surface area contributed by atoms with E-state index in [-0.39, 0.29) is 30.1 Å². The SMILES string of the molecule is C[C@@H]1N=C(c2cnccn2)NC1(c1ccc(F)cc1)c1ccc(F)cc1.Cl. The zero-order chi connectivity index (χ0) is 18.1. The molecule has 1 aliphatic rings. The maximum absolute atomic E-state index is 13.5. The first-order chi connectivity index (χ1) is 12.6. The second kappa shape index (κ2) is 7.40. The van der Waals surface area contributed by atoms with Crippen molar-refractivity contribution in [3.8, 4) is 0 Å². The van der Waals surface area contributed by atoms with E-state index in [9.17, 15) is 8.78 Å². The molecule has 1 aromatic heterocycles. The minimum Gasteiger partial charge on any atom is -0.353 e. The molecule has 2 aromatic carbocycles. The van der Waals surface area contributed by atoms with Crippen LogP contribution in [-0.4, -0.2) is 21.8 Å². The molecule has 0 bridgehead atoms. The number of halogens is 3. The van der Waals surface area contributed by atoms with Gasteiger partial charge < -0.3 is 5.32 Å². The normalized spacial score (nSPS) is 17.6. The lowest BCUT2D eigenvalue weighted by molar-refractivity contribution is 0.433. The van der Waals surface area contributed by atoms with Crippen molar-refractivity contribution in [1.82, 2.24) is 15.3 Å². The number of hydrogen-bond donors (Lipinski definition) is 1. The molecule has 4 nitrogen and oxygen atoms in total. The summed E-state index contributed by atoms with van der Waals surface area (Å²) in [4.78, 5) is 13.1. The van der Waals surface area contributed by atoms with Gasteiger partial charge in [-0.05, 0) is 42.3 Å². The Bertz CT molecular complexity index is 898. The quantitative estimate of drug-likeness (QED) is 0.743. The van der Waals surface area contributed by atoms with Gasteiger partial charge in [0.15, 0.2) is 0 Å². The van der Waals surface area contributed by atoms with Gasteiger partial charge in [-0.1, -0.05) is 24.3 Å². The first kappa shape index (κ1) is 18.9. The molecular formula is C20H17ClF2N4. The van der Waals surface area contributed by atoms with Crippen LogP contribution in [0.3, 0.4) is 0 Å². The summed E-state index contributed by atoms with van der Waals surface area (Å²) in [5, 5.41) is 3.44. The molecule has 7 heteroatoms. The minimum atomic E-state index is -0.756. The lowest BCUT2D eigenvalue weighted by atomic mass is 9.78. The number of amidine groups is 1. The molecule has 0 radical (unpaired) electrons. The summed E-state index contributed by atoms with van der Waals surface area (Å²) in [5.74, 6) is -0.0355. The van der Waals surface area contributed by atoms with E-state index in [0.29, 0.717) is 11.5 Å². The first-order valence-electron chi connectivity index (χ1n) is 8.24. The summed E-state index contributed by atoms with van der Waals surface area (Å²) in [6.45, 7) is 1.96. The standard InChI is InChI=1S/C20H16F2N4.ClH/c1-13-20(14-2-6-16(21)7-3-14,15-4-8-17(22)9-5-15)26-19(25-13)18-12-23-10-11-24-18;/h2-13H,1H3,(H,25,26);1H/t13-;/m0./s1. The average Bonchev–Trinajstić information content (AvgIpc) is 3.02. The van der Waals surface area contributed by atoms with Gasteiger partial charge in [-0.25, -0.2) is 13.8 Å². The highest BCUT2D eigenvalue weighted by Crippen LogP contribution is 2.38. The van der Waals surface area contributed by atoms with Crippen molar-refractivity contribution < 1.29 is 8.78 Å². The van der Waals surface area contributed by atoms with Crippen LogP contribution in [0.2, 0.25) is 0 Å². The molecule has 0 aliphatic carbocycles. The van der Waals surface area contributed by atoms with Crippen molar-refractivity contribution in [1.29, 1.82) is 0 Å². The van der Waals surface area contributed by atoms with Gasteiger partial charge in [-0.3, -0.25) is 9.98 Å². The molecule has 0 saturated heterocycles. The number of hydrogen-bond acceptors (Lipinski definition) is 4. The summed E-state index contributed by atoms with van der Waals surface area (Å²) >= 11 is 0. The van der Waals surface area contributed by atoms with Gasteiger partial charge in [0.2, 0.25) is 0 Å². The van der Waals surface area contributed by atoms with Crippen LogP contribution in [0.5, 0.6) is 0 Å². The van der Waals surface area contributed by atoms with Crippen LogP contribution in [0.15, 0.2) is 72.1 Å². The molecule has 1 N–H and O–H groups in total. The highest BCUT2D eigenvalue weighted by atomic mass is 35.5. The predicted octanol–water partition coefficient (Wildman–Crippen LogP) is 3.86. The van der Waals surface area contributed by atoms with E-state index in [1.807, 2.05) is 6.92 Å². The van der Waals surface area contributed by atoms with Gasteiger partial charge in [0, 0.05) is 12.4 Å². The largest absolute Gasteiger partial charge is 0.353 e. The van der Waals surface area contributed by atoms with Gasteiger partial charge in [-0.15, -0.1) is 12.4 Å². The number of benzene rings is 2. The van der Waals surface area contributed by atoms with E-state index < -0.39 is 5.54 Å². The number of aliphatic imine (C=N–C) groups is 1. The molecule has 0 unspecified atom stereocenters. The van der Waals surface area contributed by atoms with Gasteiger partial charge in [0.1, 0.15) is 28.7 Å². The third-order valence-corrected chi connectivity index (χ3v) is 4.67. The van der Waals surface area contributed by atoms with E-state index in [2.05, 4.69) is 15.3 Å². The van der Waals surface area contributed by atoms with Crippen molar-refractivity contribution in [2.45, 2.75) is 18.5 Å². The predicted molar refractivity (Wildman–Crippen MR) is 102 cm³/mol. The number of rotatable bonds is 3. The van der Waals surface area contributed by atoms with Gasteiger partial charge in [-0.2, -0.15) is 0 Å². The molecule has 3 aromatic rings. The van der Waals surface area contributed by atoms with Crippen LogP contribution in [-0.2, 0) is 5.54 Å². The topological polar surface area (TPSA) is 50.2 Å². The highest BCUT2D eigenvalue weighted by molar-refractivity contribution is 5.99. The second-order valence-electron chi connectivity index (χ2n) is 6.19. The van der Waals surface area contributed by atoms with Crippen molar-refractivity contribution in [2.24, 2.45) is 4.99 Å². The fraction of sp³-hybridized carbons (Fsp3) is 0.150. The average molecular weight is 387 g/mol. The van der Waals surface area contributed by atoms with Crippen molar-refractivity contribution >= 4 is 18.2 Å². The third-order valence-electron chi connectivity index (χ3n) is 4.67. The van der Waals surface area contributed by atoms with E-state index in [4.69, 9.17) is 4.99 Å². The van der Waals surface area contributed by atoms with Crippen molar-refractivity contribution in [3.63, 3.8) is 0 Å². The molecule has 138 valence electrons. The molecule has 1 aliphatic heterocycles. The van der Waals surface area contributed by atoms with E-state index in [1.165, 1.54) is 24.3 Å². The Kier molecular flexibility index (Phi) is 5.19. The Labute approximate surface area is 161 Å². The number of aromatic nitrogens is 2. The molecule has 27 heavy (non-hydrogen) atoms. The van der Waals surface area contributed by atoms with E-state index in [0.717, 1.165) is 11.1 Å². The van der Waals surface area contributed by atoms with Crippen LogP contribution in [0.4, 0.5) is 8.78 Å². The highest BCUT2D eigenvalue weighted by Gasteiger charge is 2.45. The molecule has 4 rings (SSSR count). The third kappa shape index (κ3) is 3.28. The lowest BCUT2D eigenvalue weighted by Gasteiger charge is -2.35. The summed E-state index contributed by atoms with van der Waals surface area (Å²) in [6, 6.07) is 12.3. The Morgan fingerprint density at radius 3 is 1.93 bits per heavy atom. The maximum atomic E-state index is 13.5. The molecule has 1 atom stereocenters. The van der Waals surface area contributed by atoms with Gasteiger partial charge in [0.05, 0.1) is 12.2 Å². The molecule has 0 amide bonds. The van der Waals surface area contributed by atoms with E-state index in [1.54, 1.807) is 42.9 Å². The van der Waals surface area contributed by atoms with Gasteiger partial charge >= 0.3 is 0 Å². The summed E-state index contributed by atoms with van der Waals surface area (Å²) in [6.07, 6.45) is 4.82. The Morgan fingerprint density at radius 2 is 1.44 bits per heavy atom. The molecule has 0 fully saturated rings. The Morgan fingerprint density at radius 1 is 0.889 bits per heavy atom. The lowest BCUT2D eigenvalue weighted by Crippen LogP contribution is -2.48. The van der Waals surface area contributed by atoms with Crippen LogP contribution in [0.1, 0.15) is 23.7 Å². The Balaban J connectivity index is 0.00000210. The van der Waals surface area contributed by atoms with Crippen molar-refractivity contribution in [2.75, 3.05) is 0 Å². The fourth-order valence-electron chi connectivity index (χ4n) is 3.38. The maximum Gasteiger partial charge on any atom is 0.150 e.